The molecule has 0 amide bonds. The van der Waals surface area contributed by atoms with E-state index in [1.165, 1.54) is 0 Å². The number of carbonyl (C=O) groups is 1. The van der Waals surface area contributed by atoms with Crippen LogP contribution < -0.4 is 4.74 Å². The average Bonchev–Trinajstić information content (AvgIpc) is 2.88. The Morgan fingerprint density at radius 1 is 1.18 bits per heavy atom. The van der Waals surface area contributed by atoms with Crippen molar-refractivity contribution >= 4 is 33.9 Å². The van der Waals surface area contributed by atoms with Crippen LogP contribution in [0.25, 0.3) is 6.08 Å². The summed E-state index contributed by atoms with van der Waals surface area (Å²) in [5.74, 6) is 0.582. The molecule has 5 heteroatoms. The molecule has 1 aliphatic heterocycles. The fraction of sp³-hybridized carbons (Fsp3) is 0.0588. The number of cyclic esters (lactones) is 1. The fourth-order valence-corrected chi connectivity index (χ4v) is 2.44. The minimum atomic E-state index is -0.453. The summed E-state index contributed by atoms with van der Waals surface area (Å²) < 4.78 is 11.3. The first-order chi connectivity index (χ1) is 10.7. The van der Waals surface area contributed by atoms with Gasteiger partial charge in [-0.1, -0.05) is 28.1 Å². The number of esters is 1. The first-order valence-corrected chi connectivity index (χ1v) is 7.37. The van der Waals surface area contributed by atoms with Crippen LogP contribution >= 0.6 is 15.9 Å². The van der Waals surface area contributed by atoms with Crippen LogP contribution in [-0.4, -0.2) is 19.0 Å². The highest BCUT2D eigenvalue weighted by Gasteiger charge is 2.24. The van der Waals surface area contributed by atoms with Crippen molar-refractivity contribution in [3.63, 3.8) is 0 Å². The second-order valence-electron chi connectivity index (χ2n) is 4.62. The van der Waals surface area contributed by atoms with Gasteiger partial charge in [-0.25, -0.2) is 9.79 Å². The Balaban J connectivity index is 1.90. The molecule has 1 aliphatic rings. The number of hydrogen-bond acceptors (Lipinski definition) is 4. The number of aliphatic imine (C=N–C) groups is 1. The van der Waals surface area contributed by atoms with E-state index in [4.69, 9.17) is 9.47 Å². The van der Waals surface area contributed by atoms with Crippen molar-refractivity contribution in [2.75, 3.05) is 7.11 Å². The van der Waals surface area contributed by atoms with Crippen molar-refractivity contribution < 1.29 is 14.3 Å². The van der Waals surface area contributed by atoms with Crippen molar-refractivity contribution in [1.82, 2.24) is 0 Å². The first kappa shape index (κ1) is 14.5. The number of halogens is 1. The Labute approximate surface area is 136 Å². The van der Waals surface area contributed by atoms with Crippen LogP contribution in [0.2, 0.25) is 0 Å². The number of nitrogens with zero attached hydrogens (tertiary/aromatic N) is 1. The molecule has 0 N–H and O–H groups in total. The molecule has 4 nitrogen and oxygen atoms in total. The topological polar surface area (TPSA) is 47.9 Å². The number of benzene rings is 2. The van der Waals surface area contributed by atoms with Gasteiger partial charge < -0.3 is 9.47 Å². The Kier molecular flexibility index (Phi) is 4.06. The third-order valence-electron chi connectivity index (χ3n) is 3.11. The highest BCUT2D eigenvalue weighted by Crippen LogP contribution is 2.21. The minimum absolute atomic E-state index is 0.281. The summed E-state index contributed by atoms with van der Waals surface area (Å²) in [6.07, 6.45) is 1.70. The predicted molar refractivity (Wildman–Crippen MR) is 87.7 cm³/mol. The zero-order chi connectivity index (χ0) is 15.5. The molecule has 0 saturated carbocycles. The summed E-state index contributed by atoms with van der Waals surface area (Å²) in [6.45, 7) is 0. The molecule has 0 aromatic heterocycles. The van der Waals surface area contributed by atoms with Crippen LogP contribution in [0.3, 0.4) is 0 Å². The molecule has 0 aliphatic carbocycles. The largest absolute Gasteiger partial charge is 0.497 e. The lowest BCUT2D eigenvalue weighted by atomic mass is 10.2. The zero-order valence-electron chi connectivity index (χ0n) is 11.7. The van der Waals surface area contributed by atoms with Crippen molar-refractivity contribution in [2.24, 2.45) is 4.99 Å². The van der Waals surface area contributed by atoms with Crippen LogP contribution in [0.4, 0.5) is 0 Å². The number of ether oxygens (including phenoxy) is 2. The molecule has 110 valence electrons. The number of rotatable bonds is 3. The van der Waals surface area contributed by atoms with Gasteiger partial charge in [0.15, 0.2) is 5.70 Å². The molecule has 0 atom stereocenters. The lowest BCUT2D eigenvalue weighted by Gasteiger charge is -2.01. The highest BCUT2D eigenvalue weighted by molar-refractivity contribution is 9.10. The second kappa shape index (κ2) is 6.15. The molecule has 0 radical (unpaired) electrons. The second-order valence-corrected chi connectivity index (χ2v) is 5.54. The van der Waals surface area contributed by atoms with Crippen LogP contribution in [0.1, 0.15) is 11.1 Å². The third-order valence-corrected chi connectivity index (χ3v) is 3.60. The average molecular weight is 358 g/mol. The Bertz CT molecular complexity index is 779. The maximum absolute atomic E-state index is 11.9. The number of hydrogen-bond donors (Lipinski definition) is 0. The van der Waals surface area contributed by atoms with Gasteiger partial charge in [0.25, 0.3) is 0 Å². The molecule has 2 aromatic carbocycles. The molecule has 0 fully saturated rings. The van der Waals surface area contributed by atoms with Crippen LogP contribution in [0.15, 0.2) is 63.7 Å². The van der Waals surface area contributed by atoms with Crippen molar-refractivity contribution in [3.05, 3.63) is 69.8 Å². The zero-order valence-corrected chi connectivity index (χ0v) is 13.3. The summed E-state index contributed by atoms with van der Waals surface area (Å²) in [5, 5.41) is 0. The smallest absolute Gasteiger partial charge is 0.363 e. The van der Waals surface area contributed by atoms with Gasteiger partial charge in [0.05, 0.1) is 7.11 Å². The Morgan fingerprint density at radius 3 is 2.64 bits per heavy atom. The molecule has 1 heterocycles. The molecule has 0 saturated heterocycles. The molecular formula is C17H12BrNO3. The van der Waals surface area contributed by atoms with E-state index < -0.39 is 5.97 Å². The molecule has 0 unspecified atom stereocenters. The molecule has 3 rings (SSSR count). The van der Waals surface area contributed by atoms with Crippen LogP contribution in [-0.2, 0) is 9.53 Å². The first-order valence-electron chi connectivity index (χ1n) is 6.58. The van der Waals surface area contributed by atoms with E-state index >= 15 is 0 Å². The maximum Gasteiger partial charge on any atom is 0.363 e. The lowest BCUT2D eigenvalue weighted by molar-refractivity contribution is -0.129. The number of carbonyl (C=O) groups excluding carboxylic acids is 1. The van der Waals surface area contributed by atoms with E-state index in [-0.39, 0.29) is 5.70 Å². The summed E-state index contributed by atoms with van der Waals surface area (Å²) in [5.41, 5.74) is 1.89. The van der Waals surface area contributed by atoms with Crippen molar-refractivity contribution in [2.45, 2.75) is 0 Å². The third kappa shape index (κ3) is 3.09. The monoisotopic (exact) mass is 357 g/mol. The van der Waals surface area contributed by atoms with E-state index in [0.29, 0.717) is 5.90 Å². The SMILES string of the molecule is COc1ccc(C2=NC(=Cc3cccc(Br)c3)C(=O)O2)cc1. The standard InChI is InChI=1S/C17H12BrNO3/c1-21-14-7-5-12(6-8-14)16-19-15(17(20)22-16)10-11-3-2-4-13(18)9-11/h2-10H,1H3. The lowest BCUT2D eigenvalue weighted by Crippen LogP contribution is -2.05. The summed E-state index contributed by atoms with van der Waals surface area (Å²) in [6, 6.07) is 14.8. The van der Waals surface area contributed by atoms with E-state index in [1.54, 1.807) is 37.5 Å². The van der Waals surface area contributed by atoms with E-state index in [1.807, 2.05) is 24.3 Å². The summed E-state index contributed by atoms with van der Waals surface area (Å²) in [7, 11) is 1.60. The van der Waals surface area contributed by atoms with E-state index in [2.05, 4.69) is 20.9 Å². The van der Waals surface area contributed by atoms with Gasteiger partial charge in [-0.3, -0.25) is 0 Å². The van der Waals surface area contributed by atoms with Crippen molar-refractivity contribution in [3.8, 4) is 5.75 Å². The summed E-state index contributed by atoms with van der Waals surface area (Å²) >= 11 is 3.40. The molecular weight excluding hydrogens is 346 g/mol. The van der Waals surface area contributed by atoms with Gasteiger partial charge in [0, 0.05) is 10.0 Å². The van der Waals surface area contributed by atoms with Gasteiger partial charge in [-0.15, -0.1) is 0 Å². The van der Waals surface area contributed by atoms with Gasteiger partial charge in [-0.05, 0) is 48.0 Å². The summed E-state index contributed by atoms with van der Waals surface area (Å²) in [4.78, 5) is 16.2. The Morgan fingerprint density at radius 2 is 1.95 bits per heavy atom. The maximum atomic E-state index is 11.9. The van der Waals surface area contributed by atoms with Crippen LogP contribution in [0, 0.1) is 0 Å². The molecule has 22 heavy (non-hydrogen) atoms. The quantitative estimate of drug-likeness (QED) is 0.619. The fourth-order valence-electron chi connectivity index (χ4n) is 2.02. The van der Waals surface area contributed by atoms with E-state index in [9.17, 15) is 4.79 Å². The number of methoxy groups -OCH3 is 1. The molecule has 2 aromatic rings. The van der Waals surface area contributed by atoms with Gasteiger partial charge in [0.1, 0.15) is 5.75 Å². The van der Waals surface area contributed by atoms with Crippen LogP contribution in [0.5, 0.6) is 5.75 Å². The Hall–Kier alpha value is -2.40. The van der Waals surface area contributed by atoms with Crippen molar-refractivity contribution in [1.29, 1.82) is 0 Å². The van der Waals surface area contributed by atoms with Gasteiger partial charge in [-0.2, -0.15) is 0 Å². The van der Waals surface area contributed by atoms with Gasteiger partial charge in [0.2, 0.25) is 5.90 Å². The normalized spacial score (nSPS) is 15.6. The molecule has 0 spiro atoms. The molecule has 0 bridgehead atoms. The minimum Gasteiger partial charge on any atom is -0.497 e. The van der Waals surface area contributed by atoms with E-state index in [0.717, 1.165) is 21.3 Å². The predicted octanol–water partition coefficient (Wildman–Crippen LogP) is 3.80. The highest BCUT2D eigenvalue weighted by atomic mass is 79.9. The van der Waals surface area contributed by atoms with Gasteiger partial charge >= 0.3 is 5.97 Å².